The lowest BCUT2D eigenvalue weighted by molar-refractivity contribution is 0.283. The van der Waals surface area contributed by atoms with Gasteiger partial charge in [-0.25, -0.2) is 0 Å². The average molecular weight is 258 g/mol. The molecule has 0 radical (unpaired) electrons. The second-order valence-corrected chi connectivity index (χ2v) is 5.06. The van der Waals surface area contributed by atoms with Gasteiger partial charge in [0.1, 0.15) is 11.5 Å². The van der Waals surface area contributed by atoms with Gasteiger partial charge in [0, 0.05) is 6.54 Å². The van der Waals surface area contributed by atoms with Crippen LogP contribution in [0.1, 0.15) is 22.6 Å². The van der Waals surface area contributed by atoms with Gasteiger partial charge in [0.05, 0.1) is 13.1 Å². The monoisotopic (exact) mass is 258 g/mol. The van der Waals surface area contributed by atoms with E-state index in [4.69, 9.17) is 4.42 Å². The van der Waals surface area contributed by atoms with Crippen molar-refractivity contribution >= 4 is 0 Å². The SMILES string of the molecule is CNCc1ccc(CN(C)Cc2ccc(C)cc2)o1. The van der Waals surface area contributed by atoms with Crippen LogP contribution in [0.3, 0.4) is 0 Å². The van der Waals surface area contributed by atoms with Crippen molar-refractivity contribution in [1.82, 2.24) is 10.2 Å². The van der Waals surface area contributed by atoms with Crippen LogP contribution < -0.4 is 5.32 Å². The van der Waals surface area contributed by atoms with Crippen LogP contribution in [0, 0.1) is 6.92 Å². The maximum atomic E-state index is 5.75. The van der Waals surface area contributed by atoms with Crippen LogP contribution in [-0.4, -0.2) is 19.0 Å². The second-order valence-electron chi connectivity index (χ2n) is 5.06. The maximum Gasteiger partial charge on any atom is 0.118 e. The molecule has 0 atom stereocenters. The minimum Gasteiger partial charge on any atom is -0.463 e. The van der Waals surface area contributed by atoms with E-state index in [1.165, 1.54) is 11.1 Å². The molecule has 2 rings (SSSR count). The molecule has 0 spiro atoms. The van der Waals surface area contributed by atoms with E-state index in [1.54, 1.807) is 0 Å². The van der Waals surface area contributed by atoms with Crippen LogP contribution in [0.4, 0.5) is 0 Å². The van der Waals surface area contributed by atoms with Crippen molar-refractivity contribution in [2.24, 2.45) is 0 Å². The quantitative estimate of drug-likeness (QED) is 0.863. The Morgan fingerprint density at radius 3 is 2.37 bits per heavy atom. The Labute approximate surface area is 115 Å². The highest BCUT2D eigenvalue weighted by Crippen LogP contribution is 2.12. The Hall–Kier alpha value is -1.58. The van der Waals surface area contributed by atoms with Crippen LogP contribution in [0.2, 0.25) is 0 Å². The van der Waals surface area contributed by atoms with Gasteiger partial charge in [-0.1, -0.05) is 29.8 Å². The van der Waals surface area contributed by atoms with E-state index in [-0.39, 0.29) is 0 Å². The van der Waals surface area contributed by atoms with Gasteiger partial charge in [-0.2, -0.15) is 0 Å². The number of furan rings is 1. The first kappa shape index (κ1) is 13.8. The van der Waals surface area contributed by atoms with E-state index in [9.17, 15) is 0 Å². The summed E-state index contributed by atoms with van der Waals surface area (Å²) >= 11 is 0. The van der Waals surface area contributed by atoms with Crippen LogP contribution in [0.15, 0.2) is 40.8 Å². The Balaban J connectivity index is 1.89. The van der Waals surface area contributed by atoms with Crippen LogP contribution in [0.5, 0.6) is 0 Å². The number of nitrogens with zero attached hydrogens (tertiary/aromatic N) is 1. The molecule has 3 heteroatoms. The average Bonchev–Trinajstić information content (AvgIpc) is 2.80. The number of rotatable bonds is 6. The molecule has 0 bridgehead atoms. The van der Waals surface area contributed by atoms with Crippen molar-refractivity contribution in [1.29, 1.82) is 0 Å². The minimum atomic E-state index is 0.779. The molecule has 1 aromatic heterocycles. The van der Waals surface area contributed by atoms with E-state index in [2.05, 4.69) is 54.5 Å². The molecule has 2 aromatic rings. The number of aryl methyl sites for hydroxylation is 1. The molecule has 0 saturated carbocycles. The number of nitrogens with one attached hydrogen (secondary N) is 1. The lowest BCUT2D eigenvalue weighted by Crippen LogP contribution is -2.16. The van der Waals surface area contributed by atoms with E-state index >= 15 is 0 Å². The summed E-state index contributed by atoms with van der Waals surface area (Å²) in [5.41, 5.74) is 2.63. The minimum absolute atomic E-state index is 0.779. The van der Waals surface area contributed by atoms with E-state index in [1.807, 2.05) is 13.1 Å². The van der Waals surface area contributed by atoms with Gasteiger partial charge in [-0.15, -0.1) is 0 Å². The summed E-state index contributed by atoms with van der Waals surface area (Å²) in [6.07, 6.45) is 0. The molecule has 1 heterocycles. The van der Waals surface area contributed by atoms with Gasteiger partial charge >= 0.3 is 0 Å². The molecule has 1 N–H and O–H groups in total. The highest BCUT2D eigenvalue weighted by molar-refractivity contribution is 5.21. The molecule has 19 heavy (non-hydrogen) atoms. The lowest BCUT2D eigenvalue weighted by Gasteiger charge is -2.15. The predicted octanol–water partition coefficient (Wildman–Crippen LogP) is 2.94. The molecule has 0 amide bonds. The lowest BCUT2D eigenvalue weighted by atomic mass is 10.1. The zero-order valence-electron chi connectivity index (χ0n) is 11.9. The van der Waals surface area contributed by atoms with Gasteiger partial charge in [0.2, 0.25) is 0 Å². The fourth-order valence-corrected chi connectivity index (χ4v) is 2.10. The molecule has 0 fully saturated rings. The van der Waals surface area contributed by atoms with E-state index in [0.717, 1.165) is 31.2 Å². The Morgan fingerprint density at radius 2 is 1.68 bits per heavy atom. The fourth-order valence-electron chi connectivity index (χ4n) is 2.10. The van der Waals surface area contributed by atoms with Crippen molar-refractivity contribution in [3.8, 4) is 0 Å². The van der Waals surface area contributed by atoms with Crippen molar-refractivity contribution in [3.05, 3.63) is 59.0 Å². The molecule has 0 aliphatic rings. The first-order valence-corrected chi connectivity index (χ1v) is 6.63. The standard InChI is InChI=1S/C16H22N2O/c1-13-4-6-14(7-5-13)11-18(3)12-16-9-8-15(19-16)10-17-2/h4-9,17H,10-12H2,1-3H3. The molecule has 102 valence electrons. The molecule has 3 nitrogen and oxygen atoms in total. The summed E-state index contributed by atoms with van der Waals surface area (Å²) in [6, 6.07) is 12.8. The van der Waals surface area contributed by atoms with Gasteiger partial charge < -0.3 is 9.73 Å². The largest absolute Gasteiger partial charge is 0.463 e. The third kappa shape index (κ3) is 4.23. The third-order valence-electron chi connectivity index (χ3n) is 3.07. The van der Waals surface area contributed by atoms with Gasteiger partial charge in [-0.05, 0) is 38.7 Å². The molecule has 0 aliphatic carbocycles. The fraction of sp³-hybridized carbons (Fsp3) is 0.375. The van der Waals surface area contributed by atoms with Crippen molar-refractivity contribution in [2.45, 2.75) is 26.6 Å². The summed E-state index contributed by atoms with van der Waals surface area (Å²) in [4.78, 5) is 2.26. The predicted molar refractivity (Wildman–Crippen MR) is 77.8 cm³/mol. The number of hydrogen-bond donors (Lipinski definition) is 1. The van der Waals surface area contributed by atoms with Crippen molar-refractivity contribution < 1.29 is 4.42 Å². The zero-order chi connectivity index (χ0) is 13.7. The van der Waals surface area contributed by atoms with Gasteiger partial charge in [-0.3, -0.25) is 4.90 Å². The Kier molecular flexibility index (Phi) is 4.77. The summed E-state index contributed by atoms with van der Waals surface area (Å²) in [6.45, 7) is 4.65. The van der Waals surface area contributed by atoms with Gasteiger partial charge in [0.25, 0.3) is 0 Å². The van der Waals surface area contributed by atoms with E-state index in [0.29, 0.717) is 0 Å². The zero-order valence-corrected chi connectivity index (χ0v) is 11.9. The third-order valence-corrected chi connectivity index (χ3v) is 3.07. The molecule has 0 saturated heterocycles. The van der Waals surface area contributed by atoms with Crippen LogP contribution in [0.25, 0.3) is 0 Å². The molecule has 0 aliphatic heterocycles. The first-order chi connectivity index (χ1) is 9.17. The Morgan fingerprint density at radius 1 is 1.00 bits per heavy atom. The summed E-state index contributed by atoms with van der Waals surface area (Å²) in [5, 5.41) is 3.09. The smallest absolute Gasteiger partial charge is 0.118 e. The highest BCUT2D eigenvalue weighted by Gasteiger charge is 2.06. The topological polar surface area (TPSA) is 28.4 Å². The molecular formula is C16H22N2O. The van der Waals surface area contributed by atoms with Crippen molar-refractivity contribution in [3.63, 3.8) is 0 Å². The summed E-state index contributed by atoms with van der Waals surface area (Å²) < 4.78 is 5.75. The van der Waals surface area contributed by atoms with Crippen molar-refractivity contribution in [2.75, 3.05) is 14.1 Å². The first-order valence-electron chi connectivity index (χ1n) is 6.63. The second kappa shape index (κ2) is 6.55. The summed E-state index contributed by atoms with van der Waals surface area (Å²) in [7, 11) is 4.03. The maximum absolute atomic E-state index is 5.75. The molecular weight excluding hydrogens is 236 g/mol. The Bertz CT molecular complexity index is 502. The number of hydrogen-bond acceptors (Lipinski definition) is 3. The summed E-state index contributed by atoms with van der Waals surface area (Å²) in [5.74, 6) is 2.00. The number of benzene rings is 1. The van der Waals surface area contributed by atoms with E-state index < -0.39 is 0 Å². The van der Waals surface area contributed by atoms with Gasteiger partial charge in [0.15, 0.2) is 0 Å². The normalized spacial score (nSPS) is 11.2. The molecule has 0 unspecified atom stereocenters. The van der Waals surface area contributed by atoms with Crippen LogP contribution in [-0.2, 0) is 19.6 Å². The highest BCUT2D eigenvalue weighted by atomic mass is 16.3. The van der Waals surface area contributed by atoms with Crippen LogP contribution >= 0.6 is 0 Å². The molecule has 1 aromatic carbocycles.